The normalized spacial score (nSPS) is 12.7. The van der Waals surface area contributed by atoms with Gasteiger partial charge in [-0.15, -0.1) is 0 Å². The highest BCUT2D eigenvalue weighted by Crippen LogP contribution is 2.04. The van der Waals surface area contributed by atoms with E-state index in [0.717, 1.165) is 5.56 Å². The van der Waals surface area contributed by atoms with Crippen LogP contribution in [0.4, 0.5) is 0 Å². The number of carbonyl (C=O) groups excluding carboxylic acids is 4. The van der Waals surface area contributed by atoms with Crippen LogP contribution in [0.2, 0.25) is 0 Å². The smallest absolute Gasteiger partial charge is 0.243 e. The van der Waals surface area contributed by atoms with E-state index in [2.05, 4.69) is 43.9 Å². The molecular weight excluding hydrogens is 487 g/mol. The van der Waals surface area contributed by atoms with Crippen molar-refractivity contribution in [2.75, 3.05) is 19.6 Å². The van der Waals surface area contributed by atoms with Crippen LogP contribution in [0.15, 0.2) is 30.3 Å². The van der Waals surface area contributed by atoms with Crippen molar-refractivity contribution in [1.29, 1.82) is 0 Å². The zero-order valence-corrected chi connectivity index (χ0v) is 19.1. The maximum absolute atomic E-state index is 12.5. The molecule has 0 aromatic heterocycles. The molecule has 0 saturated heterocycles. The van der Waals surface area contributed by atoms with Crippen LogP contribution in [0.25, 0.3) is 0 Å². The molecule has 4 N–H and O–H groups in total. The molecule has 0 bridgehead atoms. The van der Waals surface area contributed by atoms with Crippen molar-refractivity contribution in [2.24, 2.45) is 5.92 Å². The average Bonchev–Trinajstić information content (AvgIpc) is 2.68. The summed E-state index contributed by atoms with van der Waals surface area (Å²) >= 11 is 2.13. The van der Waals surface area contributed by atoms with Crippen LogP contribution >= 0.6 is 22.6 Å². The molecule has 0 aliphatic heterocycles. The zero-order valence-electron chi connectivity index (χ0n) is 17.0. The minimum atomic E-state index is -0.853. The van der Waals surface area contributed by atoms with Crippen molar-refractivity contribution < 1.29 is 19.2 Å². The van der Waals surface area contributed by atoms with Gasteiger partial charge in [0.25, 0.3) is 0 Å². The van der Waals surface area contributed by atoms with Gasteiger partial charge in [-0.05, 0) is 12.5 Å². The molecule has 160 valence electrons. The van der Waals surface area contributed by atoms with Crippen LogP contribution in [0, 0.1) is 5.92 Å². The summed E-state index contributed by atoms with van der Waals surface area (Å²) in [7, 11) is 0. The molecule has 3 amide bonds. The first-order chi connectivity index (χ1) is 13.7. The van der Waals surface area contributed by atoms with Gasteiger partial charge in [0.1, 0.15) is 6.04 Å². The van der Waals surface area contributed by atoms with Crippen molar-refractivity contribution in [3.63, 3.8) is 0 Å². The number of nitrogens with one attached hydrogen (secondary N) is 4. The number of Topliss-reactive ketones (excluding diaryl/α,β-unsaturated/α-hetero) is 1. The van der Waals surface area contributed by atoms with E-state index in [-0.39, 0.29) is 47.7 Å². The highest BCUT2D eigenvalue weighted by atomic mass is 127. The van der Waals surface area contributed by atoms with Gasteiger partial charge in [0.05, 0.1) is 23.7 Å². The molecule has 1 aromatic carbocycles. The maximum Gasteiger partial charge on any atom is 0.243 e. The molecule has 1 aromatic rings. The molecule has 29 heavy (non-hydrogen) atoms. The molecule has 0 aliphatic rings. The van der Waals surface area contributed by atoms with Crippen LogP contribution < -0.4 is 21.3 Å². The van der Waals surface area contributed by atoms with Gasteiger partial charge in [0, 0.05) is 12.3 Å². The van der Waals surface area contributed by atoms with Gasteiger partial charge in [-0.2, -0.15) is 0 Å². The summed E-state index contributed by atoms with van der Waals surface area (Å²) in [5.74, 6) is -1.51. The van der Waals surface area contributed by atoms with E-state index >= 15 is 0 Å². The predicted molar refractivity (Wildman–Crippen MR) is 119 cm³/mol. The van der Waals surface area contributed by atoms with Crippen molar-refractivity contribution in [3.8, 4) is 0 Å². The monoisotopic (exact) mass is 516 g/mol. The number of ketones is 1. The Hall–Kier alpha value is -2.01. The van der Waals surface area contributed by atoms with Gasteiger partial charge in [0.2, 0.25) is 17.7 Å². The Morgan fingerprint density at radius 2 is 1.55 bits per heavy atom. The first-order valence-corrected chi connectivity index (χ1v) is 10.7. The van der Waals surface area contributed by atoms with E-state index in [1.807, 2.05) is 37.3 Å². The second-order valence-corrected chi connectivity index (χ2v) is 8.79. The number of carbonyl (C=O) groups is 4. The third-order valence-corrected chi connectivity index (χ3v) is 4.45. The molecule has 0 spiro atoms. The van der Waals surface area contributed by atoms with Gasteiger partial charge < -0.3 is 16.0 Å². The van der Waals surface area contributed by atoms with Crippen molar-refractivity contribution in [1.82, 2.24) is 21.3 Å². The number of alkyl halides is 1. The largest absolute Gasteiger partial charge is 0.347 e. The van der Waals surface area contributed by atoms with Gasteiger partial charge >= 0.3 is 0 Å². The lowest BCUT2D eigenvalue weighted by Gasteiger charge is -2.19. The average molecular weight is 516 g/mol. The SMILES string of the molecule is CC(I)NCC(=O)NCC(=O)N[C@@H](Cc1ccccc1)C(=O)NCC(=O)C(C)C. The fourth-order valence-corrected chi connectivity index (χ4v) is 2.50. The summed E-state index contributed by atoms with van der Waals surface area (Å²) < 4.78 is 0.125. The number of halogens is 1. The Labute approximate surface area is 185 Å². The summed E-state index contributed by atoms with van der Waals surface area (Å²) in [5.41, 5.74) is 0.868. The standard InChI is InChI=1S/C20H29IN4O4/c1-13(2)17(26)10-24-20(29)16(9-15-7-5-4-6-8-15)25-19(28)12-23-18(27)11-22-14(3)21/h4-8,13-14,16,22H,9-12H2,1-3H3,(H,23,27)(H,24,29)(H,25,28)/t14?,16-/m0/s1. The third-order valence-electron chi connectivity index (χ3n) is 4.01. The van der Waals surface area contributed by atoms with Gasteiger partial charge in [-0.25, -0.2) is 0 Å². The van der Waals surface area contributed by atoms with Crippen LogP contribution in [0.5, 0.6) is 0 Å². The van der Waals surface area contributed by atoms with E-state index < -0.39 is 17.9 Å². The minimum Gasteiger partial charge on any atom is -0.347 e. The highest BCUT2D eigenvalue weighted by Gasteiger charge is 2.22. The minimum absolute atomic E-state index is 0.0887. The van der Waals surface area contributed by atoms with E-state index in [1.165, 1.54) is 0 Å². The van der Waals surface area contributed by atoms with Crippen molar-refractivity contribution >= 4 is 46.1 Å². The van der Waals surface area contributed by atoms with E-state index in [0.29, 0.717) is 0 Å². The summed E-state index contributed by atoms with van der Waals surface area (Å²) in [6, 6.07) is 8.40. The number of amides is 3. The highest BCUT2D eigenvalue weighted by molar-refractivity contribution is 14.1. The van der Waals surface area contributed by atoms with Crippen LogP contribution in [-0.2, 0) is 25.6 Å². The van der Waals surface area contributed by atoms with Crippen LogP contribution in [0.1, 0.15) is 26.3 Å². The Morgan fingerprint density at radius 3 is 2.14 bits per heavy atom. The third kappa shape index (κ3) is 10.9. The first kappa shape index (κ1) is 25.0. The molecule has 2 atom stereocenters. The lowest BCUT2D eigenvalue weighted by Crippen LogP contribution is -2.51. The molecule has 1 rings (SSSR count). The molecule has 9 heteroatoms. The Bertz CT molecular complexity index is 695. The predicted octanol–water partition coefficient (Wildman–Crippen LogP) is 0.542. The van der Waals surface area contributed by atoms with E-state index in [1.54, 1.807) is 13.8 Å². The Balaban J connectivity index is 2.65. The fourth-order valence-electron chi connectivity index (χ4n) is 2.28. The van der Waals surface area contributed by atoms with Gasteiger partial charge in [-0.3, -0.25) is 24.5 Å². The topological polar surface area (TPSA) is 116 Å². The molecule has 8 nitrogen and oxygen atoms in total. The molecule has 0 heterocycles. The lowest BCUT2D eigenvalue weighted by atomic mass is 10.0. The molecule has 0 saturated carbocycles. The van der Waals surface area contributed by atoms with Gasteiger partial charge in [-0.1, -0.05) is 66.8 Å². The van der Waals surface area contributed by atoms with Gasteiger partial charge in [0.15, 0.2) is 5.78 Å². The quantitative estimate of drug-likeness (QED) is 0.184. The summed E-state index contributed by atoms with van der Waals surface area (Å²) in [6.45, 7) is 5.19. The van der Waals surface area contributed by atoms with Crippen LogP contribution in [-0.4, -0.2) is 53.2 Å². The van der Waals surface area contributed by atoms with E-state index in [4.69, 9.17) is 0 Å². The number of benzene rings is 1. The van der Waals surface area contributed by atoms with Crippen molar-refractivity contribution in [3.05, 3.63) is 35.9 Å². The molecule has 0 fully saturated rings. The second-order valence-electron chi connectivity index (χ2n) is 6.92. The number of rotatable bonds is 12. The number of hydrogen-bond acceptors (Lipinski definition) is 5. The molecule has 0 aliphatic carbocycles. The summed E-state index contributed by atoms with van der Waals surface area (Å²) in [6.07, 6.45) is 0.274. The lowest BCUT2D eigenvalue weighted by molar-refractivity contribution is -0.130. The maximum atomic E-state index is 12.5. The molecular formula is C20H29IN4O4. The summed E-state index contributed by atoms with van der Waals surface area (Å²) in [4.78, 5) is 48.3. The fraction of sp³-hybridized carbons (Fsp3) is 0.500. The number of hydrogen-bond donors (Lipinski definition) is 4. The van der Waals surface area contributed by atoms with E-state index in [9.17, 15) is 19.2 Å². The first-order valence-electron chi connectivity index (χ1n) is 9.47. The van der Waals surface area contributed by atoms with Crippen molar-refractivity contribution in [2.45, 2.75) is 37.3 Å². The molecule has 1 unspecified atom stereocenters. The molecule has 0 radical (unpaired) electrons. The summed E-state index contributed by atoms with van der Waals surface area (Å²) in [5, 5.41) is 10.7. The zero-order chi connectivity index (χ0) is 21.8. The Kier molecular flexibility index (Phi) is 11.4. The Morgan fingerprint density at radius 1 is 0.897 bits per heavy atom. The second kappa shape index (κ2) is 13.3. The van der Waals surface area contributed by atoms with Crippen LogP contribution in [0.3, 0.4) is 0 Å².